The van der Waals surface area contributed by atoms with Crippen molar-refractivity contribution in [1.29, 1.82) is 0 Å². The summed E-state index contributed by atoms with van der Waals surface area (Å²) >= 11 is 28.7. The second-order valence-electron chi connectivity index (χ2n) is 23.2. The Morgan fingerprint density at radius 1 is 0.520 bits per heavy atom. The molecular formula is C63H62Cl5F15N4O11. The predicted molar refractivity (Wildman–Crippen MR) is 329 cm³/mol. The van der Waals surface area contributed by atoms with Gasteiger partial charge in [-0.1, -0.05) is 82.3 Å². The third kappa shape index (κ3) is 20.3. The maximum atomic E-state index is 13.1. The fourth-order valence-electron chi connectivity index (χ4n) is 10.8. The van der Waals surface area contributed by atoms with Crippen LogP contribution in [0.3, 0.4) is 0 Å². The highest BCUT2D eigenvalue weighted by molar-refractivity contribution is 6.34. The first-order chi connectivity index (χ1) is 45.6. The molecule has 2 saturated heterocycles. The quantitative estimate of drug-likeness (QED) is 0.137. The molecule has 0 radical (unpaired) electrons. The number of benzene rings is 5. The van der Waals surface area contributed by atoms with Crippen LogP contribution in [0.2, 0.25) is 25.1 Å². The molecule has 540 valence electrons. The summed E-state index contributed by atoms with van der Waals surface area (Å²) in [7, 11) is 0. The van der Waals surface area contributed by atoms with Crippen LogP contribution in [0.15, 0.2) is 66.7 Å². The van der Waals surface area contributed by atoms with Crippen molar-refractivity contribution in [2.75, 3.05) is 85.4 Å². The monoisotopic (exact) mass is 1510 g/mol. The Balaban J connectivity index is 0.000000176. The molecule has 11 rings (SSSR count). The zero-order chi connectivity index (χ0) is 72.6. The van der Waals surface area contributed by atoms with E-state index >= 15 is 0 Å². The Morgan fingerprint density at radius 3 is 1.37 bits per heavy atom. The van der Waals surface area contributed by atoms with E-state index in [1.54, 1.807) is 4.90 Å². The van der Waals surface area contributed by atoms with Crippen LogP contribution in [0.5, 0.6) is 28.7 Å². The first-order valence-corrected chi connectivity index (χ1v) is 31.7. The Kier molecular flexibility index (Phi) is 26.3. The minimum absolute atomic E-state index is 0.0600. The maximum absolute atomic E-state index is 13.1. The number of halogens is 20. The molecule has 0 aromatic heterocycles. The van der Waals surface area contributed by atoms with Gasteiger partial charge < -0.3 is 48.9 Å². The van der Waals surface area contributed by atoms with Crippen molar-refractivity contribution in [3.63, 3.8) is 0 Å². The van der Waals surface area contributed by atoms with Gasteiger partial charge in [-0.3, -0.25) is 19.4 Å². The molecule has 3 atom stereocenters. The van der Waals surface area contributed by atoms with E-state index < -0.39 is 91.4 Å². The van der Waals surface area contributed by atoms with Crippen LogP contribution in [0.4, 0.5) is 70.7 Å². The van der Waals surface area contributed by atoms with Crippen LogP contribution in [0, 0.1) is 0 Å². The molecule has 0 aliphatic carbocycles. The Hall–Kier alpha value is -6.25. The normalized spacial score (nSPS) is 18.9. The van der Waals surface area contributed by atoms with Crippen LogP contribution in [-0.2, 0) is 40.4 Å². The van der Waals surface area contributed by atoms with E-state index in [-0.39, 0.29) is 101 Å². The lowest BCUT2D eigenvalue weighted by molar-refractivity contribution is -0.138. The average Bonchev–Trinajstić information content (AvgIpc) is 0.788. The summed E-state index contributed by atoms with van der Waals surface area (Å²) in [6.07, 6.45) is -22.2. The molecule has 6 aliphatic rings. The molecule has 0 spiro atoms. The molecule has 3 unspecified atom stereocenters. The first kappa shape index (κ1) is 79.1. The minimum Gasteiger partial charge on any atom is -0.492 e. The van der Waals surface area contributed by atoms with Gasteiger partial charge in [-0.15, -0.1) is 0 Å². The molecule has 3 N–H and O–H groups in total. The number of rotatable bonds is 6. The summed E-state index contributed by atoms with van der Waals surface area (Å²) < 4.78 is 222. The molecule has 98 heavy (non-hydrogen) atoms. The van der Waals surface area contributed by atoms with Gasteiger partial charge in [0.1, 0.15) is 34.3 Å². The Labute approximate surface area is 575 Å². The number of aliphatic hydroxyl groups excluding tert-OH is 1. The second-order valence-corrected chi connectivity index (χ2v) is 25.1. The van der Waals surface area contributed by atoms with E-state index in [1.807, 2.05) is 20.8 Å². The minimum atomic E-state index is -4.57. The largest absolute Gasteiger partial charge is 0.492 e. The van der Waals surface area contributed by atoms with Crippen molar-refractivity contribution in [2.45, 2.75) is 108 Å². The van der Waals surface area contributed by atoms with Gasteiger partial charge in [-0.2, -0.15) is 65.9 Å². The number of carboxylic acids is 1. The number of aliphatic carboxylic acids is 1. The molecule has 6 heterocycles. The first-order valence-electron chi connectivity index (χ1n) is 29.8. The molecule has 0 saturated carbocycles. The summed E-state index contributed by atoms with van der Waals surface area (Å²) in [4.78, 5) is 39.9. The maximum Gasteiger partial charge on any atom is 0.417 e. The van der Waals surface area contributed by atoms with E-state index in [0.29, 0.717) is 63.4 Å². The number of alkyl halides is 15. The molecule has 0 bridgehead atoms. The molecule has 35 heteroatoms. The number of aliphatic hydroxyl groups is 1. The number of amides is 1. The number of Topliss-reactive ketones (excluding diaryl/α,β-unsaturated/α-hetero) is 1. The number of carboxylic acid groups (broad SMARTS) is 1. The van der Waals surface area contributed by atoms with Crippen molar-refractivity contribution in [3.05, 3.63) is 142 Å². The van der Waals surface area contributed by atoms with E-state index in [2.05, 4.69) is 15.1 Å². The van der Waals surface area contributed by atoms with Gasteiger partial charge in [0.2, 0.25) is 0 Å². The standard InChI is InChI=1S/C19H24ClF3N2O3.C14H16ClF3N2O.C10H8ClF3O3.C10H8ClF3O2.C10H6ClF3O2/c1-18(2,3)28-17(26)25-9-7-24(8-10-25)14-6-11-27-16-12(14)4-5-13(15(16)20)19(21,22)23;15-12-10(14(16,17)18)2-1-9-11(3-8-21-13(9)12)20-6-4-19-5-7-20;11-9-6(10(12,13)14)2-1-3-7(9)17-5-4-8(15)16;2*11-8-6(10(12,13)14)2-1-5-7(15)3-4-16-9(5)8/h4-5,14H,6-11H2,1-3H3;1-2,11,19H,3-8H2;1-3H,4-5H2,(H,15,16);1-2,7,15H,3-4H2;1-2H,3-4H2. The van der Waals surface area contributed by atoms with E-state index in [4.69, 9.17) is 91.5 Å². The number of ether oxygens (including phenoxy) is 6. The van der Waals surface area contributed by atoms with Gasteiger partial charge in [0.05, 0.1) is 104 Å². The smallest absolute Gasteiger partial charge is 0.417 e. The van der Waals surface area contributed by atoms with Crippen molar-refractivity contribution in [3.8, 4) is 28.7 Å². The van der Waals surface area contributed by atoms with Gasteiger partial charge >= 0.3 is 42.9 Å². The van der Waals surface area contributed by atoms with Gasteiger partial charge in [-0.05, 0) is 63.2 Å². The predicted octanol–water partition coefficient (Wildman–Crippen LogP) is 17.5. The van der Waals surface area contributed by atoms with Gasteiger partial charge in [0.15, 0.2) is 5.78 Å². The van der Waals surface area contributed by atoms with Gasteiger partial charge in [0.25, 0.3) is 0 Å². The van der Waals surface area contributed by atoms with Crippen LogP contribution >= 0.6 is 58.0 Å². The SMILES string of the molecule is CC(C)(C)OC(=O)N1CCN(C2CCOc3c2ccc(C(F)(F)F)c3Cl)CC1.FC(F)(F)c1ccc2c(c1Cl)OCCC2N1CCNCC1.O=C(O)CCOc1cccc(C(F)(F)F)c1Cl.O=C1CCOc2c1ccc(C(F)(F)F)c2Cl.OC1CCOc2c1ccc(C(F)(F)F)c2Cl. The van der Waals surface area contributed by atoms with Crippen molar-refractivity contribution in [1.82, 2.24) is 20.0 Å². The number of hydrogen-bond donors (Lipinski definition) is 3. The number of hydrogen-bond acceptors (Lipinski definition) is 13. The number of nitrogens with zero attached hydrogens (tertiary/aromatic N) is 3. The van der Waals surface area contributed by atoms with Crippen molar-refractivity contribution >= 4 is 75.9 Å². The van der Waals surface area contributed by atoms with Crippen LogP contribution in [0.25, 0.3) is 0 Å². The number of ketones is 1. The van der Waals surface area contributed by atoms with Crippen LogP contribution < -0.4 is 29.0 Å². The second kappa shape index (κ2) is 32.6. The molecule has 5 aromatic rings. The molecule has 15 nitrogen and oxygen atoms in total. The molecule has 6 aliphatic heterocycles. The Bertz CT molecular complexity index is 3640. The van der Waals surface area contributed by atoms with Gasteiger partial charge in [-0.25, -0.2) is 4.79 Å². The number of carbonyl (C=O) groups is 3. The lowest BCUT2D eigenvalue weighted by Gasteiger charge is -2.41. The fourth-order valence-corrected chi connectivity index (χ4v) is 12.4. The van der Waals surface area contributed by atoms with Crippen molar-refractivity contribution < 1.29 is 119 Å². The Morgan fingerprint density at radius 2 is 0.918 bits per heavy atom. The lowest BCUT2D eigenvalue weighted by Crippen LogP contribution is -2.51. The topological polar surface area (TPSA) is 169 Å². The van der Waals surface area contributed by atoms with Crippen molar-refractivity contribution in [2.24, 2.45) is 0 Å². The summed E-state index contributed by atoms with van der Waals surface area (Å²) in [6, 6.07) is 12.2. The number of nitrogens with one attached hydrogen (secondary N) is 1. The summed E-state index contributed by atoms with van der Waals surface area (Å²) in [5.41, 5.74) is -3.35. The molecule has 2 fully saturated rings. The number of piperazine rings is 2. The summed E-state index contributed by atoms with van der Waals surface area (Å²) in [5, 5.41) is 18.9. The third-order valence-electron chi connectivity index (χ3n) is 15.4. The molecule has 1 amide bonds. The number of fused-ring (bicyclic) bond motifs is 4. The number of carbonyl (C=O) groups excluding carboxylic acids is 2. The average molecular weight is 1510 g/mol. The van der Waals surface area contributed by atoms with E-state index in [9.17, 15) is 85.3 Å². The highest BCUT2D eigenvalue weighted by Crippen LogP contribution is 2.50. The van der Waals surface area contributed by atoms with Crippen LogP contribution in [-0.4, -0.2) is 134 Å². The van der Waals surface area contributed by atoms with E-state index in [0.717, 1.165) is 80.6 Å². The van der Waals surface area contributed by atoms with Crippen LogP contribution in [0.1, 0.15) is 126 Å². The molecular weight excluding hydrogens is 1450 g/mol. The zero-order valence-electron chi connectivity index (χ0n) is 51.8. The fraction of sp³-hybridized carbons (Fsp3) is 0.476. The zero-order valence-corrected chi connectivity index (χ0v) is 55.6. The van der Waals surface area contributed by atoms with Gasteiger partial charge in [0, 0.05) is 107 Å². The highest BCUT2D eigenvalue weighted by Gasteiger charge is 2.43. The molecule has 5 aromatic carbocycles. The highest BCUT2D eigenvalue weighted by atomic mass is 35.5. The lowest BCUT2D eigenvalue weighted by atomic mass is 9.96. The van der Waals surface area contributed by atoms with E-state index in [1.165, 1.54) is 24.3 Å². The third-order valence-corrected chi connectivity index (χ3v) is 17.3. The summed E-state index contributed by atoms with van der Waals surface area (Å²) in [6.45, 7) is 11.9. The summed E-state index contributed by atoms with van der Waals surface area (Å²) in [5.74, 6) is -1.45.